The normalized spacial score (nSPS) is 15.1. The Bertz CT molecular complexity index is 488. The third-order valence-corrected chi connectivity index (χ3v) is 4.13. The van der Waals surface area contributed by atoms with Crippen molar-refractivity contribution in [1.29, 1.82) is 0 Å². The minimum atomic E-state index is -0.138. The fourth-order valence-corrected chi connectivity index (χ4v) is 2.38. The van der Waals surface area contributed by atoms with E-state index in [9.17, 15) is 4.79 Å². The summed E-state index contributed by atoms with van der Waals surface area (Å²) in [6.45, 7) is 2.44. The van der Waals surface area contributed by atoms with E-state index in [1.165, 1.54) is 5.57 Å². The second kappa shape index (κ2) is 6.36. The molecule has 0 aromatic heterocycles. The summed E-state index contributed by atoms with van der Waals surface area (Å²) in [5, 5.41) is 6.58. The van der Waals surface area contributed by atoms with Gasteiger partial charge in [0.1, 0.15) is 0 Å². The van der Waals surface area contributed by atoms with Crippen LogP contribution in [0, 0.1) is 0 Å². The van der Waals surface area contributed by atoms with Crippen LogP contribution in [0.3, 0.4) is 0 Å². The maximum absolute atomic E-state index is 12.0. The molecule has 96 valence electrons. The minimum Gasteiger partial charge on any atom is -0.348 e. The van der Waals surface area contributed by atoms with Gasteiger partial charge in [-0.25, -0.2) is 0 Å². The highest BCUT2D eigenvalue weighted by molar-refractivity contribution is 9.10. The van der Waals surface area contributed by atoms with Crippen LogP contribution < -0.4 is 10.6 Å². The Hall–Kier alpha value is -0.840. The van der Waals surface area contributed by atoms with Crippen molar-refractivity contribution < 1.29 is 4.79 Å². The Kier molecular flexibility index (Phi) is 4.80. The van der Waals surface area contributed by atoms with Gasteiger partial charge in [0.25, 0.3) is 5.91 Å². The van der Waals surface area contributed by atoms with E-state index in [4.69, 9.17) is 11.6 Å². The van der Waals surface area contributed by atoms with Crippen LogP contribution in [-0.4, -0.2) is 25.5 Å². The standard InChI is InChI=1S/C13H14BrClN2O/c14-11-3-1-2-10(12(11)15)13(18)17-8-9-4-6-16-7-5-9/h1-4,16H,5-8H2,(H,17,18). The maximum atomic E-state index is 12.0. The molecule has 1 aliphatic rings. The van der Waals surface area contributed by atoms with Gasteiger partial charge in [-0.15, -0.1) is 0 Å². The van der Waals surface area contributed by atoms with Crippen molar-refractivity contribution in [2.24, 2.45) is 0 Å². The molecule has 0 atom stereocenters. The fourth-order valence-electron chi connectivity index (χ4n) is 1.80. The molecule has 0 aliphatic carbocycles. The second-order valence-corrected chi connectivity index (χ2v) is 5.33. The van der Waals surface area contributed by atoms with Gasteiger partial charge >= 0.3 is 0 Å². The van der Waals surface area contributed by atoms with Gasteiger partial charge in [-0.2, -0.15) is 0 Å². The van der Waals surface area contributed by atoms with E-state index >= 15 is 0 Å². The molecule has 1 aliphatic heterocycles. The van der Waals surface area contributed by atoms with Crippen molar-refractivity contribution in [3.8, 4) is 0 Å². The number of amides is 1. The summed E-state index contributed by atoms with van der Waals surface area (Å²) in [6, 6.07) is 5.34. The van der Waals surface area contributed by atoms with Crippen LogP contribution in [0.1, 0.15) is 16.8 Å². The first-order valence-electron chi connectivity index (χ1n) is 5.79. The summed E-state index contributed by atoms with van der Waals surface area (Å²) in [6.07, 6.45) is 3.10. The third-order valence-electron chi connectivity index (χ3n) is 2.83. The van der Waals surface area contributed by atoms with Crippen LogP contribution in [0.15, 0.2) is 34.3 Å². The number of hydrogen-bond donors (Lipinski definition) is 2. The molecule has 0 saturated heterocycles. The number of carbonyl (C=O) groups is 1. The molecule has 0 bridgehead atoms. The number of hydrogen-bond acceptors (Lipinski definition) is 2. The number of benzene rings is 1. The van der Waals surface area contributed by atoms with Crippen LogP contribution in [-0.2, 0) is 0 Å². The molecule has 3 nitrogen and oxygen atoms in total. The maximum Gasteiger partial charge on any atom is 0.253 e. The Balaban J connectivity index is 1.99. The lowest BCUT2D eigenvalue weighted by Crippen LogP contribution is -2.29. The Labute approximate surface area is 120 Å². The lowest BCUT2D eigenvalue weighted by molar-refractivity contribution is 0.0956. The summed E-state index contributed by atoms with van der Waals surface area (Å²) < 4.78 is 0.734. The summed E-state index contributed by atoms with van der Waals surface area (Å²) >= 11 is 9.39. The Morgan fingerprint density at radius 1 is 1.50 bits per heavy atom. The van der Waals surface area contributed by atoms with Gasteiger partial charge in [-0.05, 0) is 41.0 Å². The third kappa shape index (κ3) is 3.34. The highest BCUT2D eigenvalue weighted by atomic mass is 79.9. The van der Waals surface area contributed by atoms with Crippen LogP contribution in [0.2, 0.25) is 5.02 Å². The van der Waals surface area contributed by atoms with Crippen molar-refractivity contribution in [3.63, 3.8) is 0 Å². The summed E-state index contributed by atoms with van der Waals surface area (Å²) in [7, 11) is 0. The topological polar surface area (TPSA) is 41.1 Å². The smallest absolute Gasteiger partial charge is 0.253 e. The van der Waals surface area contributed by atoms with Crippen LogP contribution in [0.5, 0.6) is 0 Å². The molecule has 1 heterocycles. The van der Waals surface area contributed by atoms with Crippen LogP contribution >= 0.6 is 27.5 Å². The predicted molar refractivity (Wildman–Crippen MR) is 77.1 cm³/mol. The summed E-state index contributed by atoms with van der Waals surface area (Å²) in [5.74, 6) is -0.138. The molecule has 2 rings (SSSR count). The van der Waals surface area contributed by atoms with E-state index in [2.05, 4.69) is 32.6 Å². The average Bonchev–Trinajstić information content (AvgIpc) is 2.40. The zero-order valence-corrected chi connectivity index (χ0v) is 12.1. The minimum absolute atomic E-state index is 0.138. The number of rotatable bonds is 3. The second-order valence-electron chi connectivity index (χ2n) is 4.10. The molecule has 0 spiro atoms. The highest BCUT2D eigenvalue weighted by Crippen LogP contribution is 2.25. The molecule has 5 heteroatoms. The molecule has 0 unspecified atom stereocenters. The van der Waals surface area contributed by atoms with Gasteiger partial charge in [0.15, 0.2) is 0 Å². The van der Waals surface area contributed by atoms with Gasteiger partial charge < -0.3 is 10.6 Å². The van der Waals surface area contributed by atoms with Crippen molar-refractivity contribution in [2.75, 3.05) is 19.6 Å². The quantitative estimate of drug-likeness (QED) is 0.837. The first-order valence-corrected chi connectivity index (χ1v) is 6.96. The van der Waals surface area contributed by atoms with E-state index in [0.29, 0.717) is 17.1 Å². The van der Waals surface area contributed by atoms with E-state index in [0.717, 1.165) is 24.0 Å². The van der Waals surface area contributed by atoms with Gasteiger partial charge in [-0.3, -0.25) is 4.79 Å². The van der Waals surface area contributed by atoms with E-state index < -0.39 is 0 Å². The van der Waals surface area contributed by atoms with E-state index in [1.807, 2.05) is 6.07 Å². The van der Waals surface area contributed by atoms with E-state index in [1.54, 1.807) is 12.1 Å². The van der Waals surface area contributed by atoms with Crippen molar-refractivity contribution in [2.45, 2.75) is 6.42 Å². The molecular weight excluding hydrogens is 316 g/mol. The van der Waals surface area contributed by atoms with Crippen molar-refractivity contribution >= 4 is 33.4 Å². The van der Waals surface area contributed by atoms with Crippen molar-refractivity contribution in [3.05, 3.63) is 44.9 Å². The van der Waals surface area contributed by atoms with Gasteiger partial charge in [0.2, 0.25) is 0 Å². The number of halogens is 2. The largest absolute Gasteiger partial charge is 0.348 e. The van der Waals surface area contributed by atoms with E-state index in [-0.39, 0.29) is 5.91 Å². The lowest BCUT2D eigenvalue weighted by atomic mass is 10.1. The number of nitrogens with one attached hydrogen (secondary N) is 2. The first kappa shape index (κ1) is 13.6. The summed E-state index contributed by atoms with van der Waals surface area (Å²) in [5.41, 5.74) is 1.76. The molecule has 18 heavy (non-hydrogen) atoms. The molecule has 2 N–H and O–H groups in total. The molecule has 1 aromatic rings. The molecule has 0 saturated carbocycles. The highest BCUT2D eigenvalue weighted by Gasteiger charge is 2.12. The monoisotopic (exact) mass is 328 g/mol. The van der Waals surface area contributed by atoms with Gasteiger partial charge in [0.05, 0.1) is 10.6 Å². The Morgan fingerprint density at radius 3 is 3.06 bits per heavy atom. The van der Waals surface area contributed by atoms with Crippen LogP contribution in [0.4, 0.5) is 0 Å². The van der Waals surface area contributed by atoms with Crippen LogP contribution in [0.25, 0.3) is 0 Å². The first-order chi connectivity index (χ1) is 8.68. The average molecular weight is 330 g/mol. The summed E-state index contributed by atoms with van der Waals surface area (Å²) in [4.78, 5) is 12.0. The molecule has 1 amide bonds. The van der Waals surface area contributed by atoms with Crippen molar-refractivity contribution in [1.82, 2.24) is 10.6 Å². The molecular formula is C13H14BrClN2O. The number of carbonyl (C=O) groups excluding carboxylic acids is 1. The zero-order chi connectivity index (χ0) is 13.0. The van der Waals surface area contributed by atoms with Gasteiger partial charge in [0, 0.05) is 17.6 Å². The molecule has 0 radical (unpaired) electrons. The van der Waals surface area contributed by atoms with Gasteiger partial charge in [-0.1, -0.05) is 29.3 Å². The zero-order valence-electron chi connectivity index (χ0n) is 9.80. The fraction of sp³-hybridized carbons (Fsp3) is 0.308. The molecule has 0 fully saturated rings. The Morgan fingerprint density at radius 2 is 2.33 bits per heavy atom. The predicted octanol–water partition coefficient (Wildman–Crippen LogP) is 2.75. The lowest BCUT2D eigenvalue weighted by Gasteiger charge is -2.15. The molecule has 1 aromatic carbocycles. The SMILES string of the molecule is O=C(NCC1=CCNCC1)c1cccc(Br)c1Cl.